The molecule has 0 spiro atoms. The van der Waals surface area contributed by atoms with Crippen LogP contribution < -0.4 is 25.0 Å². The molecule has 50 heavy (non-hydrogen) atoms. The third-order valence-corrected chi connectivity index (χ3v) is 10.0. The molecule has 5 N–H and O–H groups in total. The lowest BCUT2D eigenvalue weighted by Gasteiger charge is -2.29. The van der Waals surface area contributed by atoms with Crippen LogP contribution in [0, 0.1) is 5.82 Å². The molecule has 4 aromatic rings. The quantitative estimate of drug-likeness (QED) is 0.158. The van der Waals surface area contributed by atoms with Crippen LogP contribution in [0.4, 0.5) is 21.5 Å². The van der Waals surface area contributed by atoms with Gasteiger partial charge in [-0.15, -0.1) is 0 Å². The maximum atomic E-state index is 15.3. The van der Waals surface area contributed by atoms with E-state index >= 15 is 4.39 Å². The highest BCUT2D eigenvalue weighted by Gasteiger charge is 2.40. The number of carbonyl (C=O) groups is 5. The van der Waals surface area contributed by atoms with Crippen LogP contribution in [0.15, 0.2) is 54.9 Å². The van der Waals surface area contributed by atoms with E-state index in [1.165, 1.54) is 23.1 Å². The third kappa shape index (κ3) is 6.15. The number of aryl methyl sites for hydroxylation is 1. The number of nitrogens with one attached hydrogen (secondary N) is 4. The average Bonchev–Trinajstić information content (AvgIpc) is 3.73. The Morgan fingerprint density at radius 1 is 1.04 bits per heavy atom. The van der Waals surface area contributed by atoms with Gasteiger partial charge >= 0.3 is 10.2 Å². The van der Waals surface area contributed by atoms with Crippen LogP contribution in [-0.4, -0.2) is 70.3 Å². The number of hydrogen-bond acceptors (Lipinski definition) is 10. The molecule has 3 aromatic carbocycles. The van der Waals surface area contributed by atoms with Crippen LogP contribution in [0.5, 0.6) is 5.75 Å². The second kappa shape index (κ2) is 12.4. The number of imide groups is 1. The summed E-state index contributed by atoms with van der Waals surface area (Å²) in [6.07, 6.45) is 3.97. The Kier molecular flexibility index (Phi) is 8.09. The molecule has 5 amide bonds. The van der Waals surface area contributed by atoms with Gasteiger partial charge < -0.3 is 20.6 Å². The van der Waals surface area contributed by atoms with Gasteiger partial charge in [0.2, 0.25) is 17.7 Å². The van der Waals surface area contributed by atoms with Crippen molar-refractivity contribution in [3.8, 4) is 5.75 Å². The average molecular weight is 705 g/mol. The molecule has 18 heteroatoms. The van der Waals surface area contributed by atoms with Gasteiger partial charge in [0.25, 0.3) is 11.8 Å². The summed E-state index contributed by atoms with van der Waals surface area (Å²) in [5, 5.41) is 23.2. The van der Waals surface area contributed by atoms with E-state index in [4.69, 9.17) is 0 Å². The molecule has 2 fully saturated rings. The highest BCUT2D eigenvalue weighted by molar-refractivity contribution is 7.92. The standard InChI is InChI=1S/C32H29FN8O8S/c33-29-22-3-2-21(9-18(22)11-25(42)30(29)41-16-28(45)38-50(41,48)49)36-27(44)7-8-39-14-17(13-35-39)12-34-20-1-4-23-19(10-20)15-40(32(23)47)24-5-6-26(43)37-31(24)46/h1-4,9-11,13-14,24,34,42H,5-8,12,15-16H2,(H,36,44)(H,38,45)(H,37,43,46). The third-order valence-electron chi connectivity index (χ3n) is 8.66. The van der Waals surface area contributed by atoms with E-state index in [1.807, 2.05) is 6.07 Å². The number of piperidine rings is 1. The summed E-state index contributed by atoms with van der Waals surface area (Å²) in [7, 11) is -4.35. The molecule has 7 rings (SSSR count). The van der Waals surface area contributed by atoms with Crippen LogP contribution in [-0.2, 0) is 49.0 Å². The SMILES string of the molecule is O=C1CCC(N2Cc3cc(NCc4cnn(CCC(=O)Nc5ccc6c(F)c(N7CC(=O)NS7(=O)=O)c(O)cc6c5)c4)ccc3C2=O)C(=O)N1. The van der Waals surface area contributed by atoms with Gasteiger partial charge in [-0.3, -0.25) is 34.0 Å². The lowest BCUT2D eigenvalue weighted by Crippen LogP contribution is -2.52. The van der Waals surface area contributed by atoms with Crippen LogP contribution in [0.25, 0.3) is 10.8 Å². The van der Waals surface area contributed by atoms with E-state index in [0.717, 1.165) is 22.9 Å². The molecular formula is C32H29FN8O8S. The minimum atomic E-state index is -4.35. The normalized spacial score (nSPS) is 18.3. The maximum absolute atomic E-state index is 15.3. The fraction of sp³-hybridized carbons (Fsp3) is 0.250. The topological polar surface area (TPSA) is 212 Å². The highest BCUT2D eigenvalue weighted by Crippen LogP contribution is 2.39. The van der Waals surface area contributed by atoms with Crippen molar-refractivity contribution in [1.29, 1.82) is 0 Å². The number of aromatic hydroxyl groups is 1. The summed E-state index contributed by atoms with van der Waals surface area (Å²) in [5.41, 5.74) is 2.56. The first kappa shape index (κ1) is 32.5. The monoisotopic (exact) mass is 704 g/mol. The second-order valence-electron chi connectivity index (χ2n) is 12.1. The number of benzene rings is 3. The molecule has 3 aliphatic heterocycles. The zero-order valence-corrected chi connectivity index (χ0v) is 26.9. The van der Waals surface area contributed by atoms with Gasteiger partial charge in [-0.25, -0.2) is 13.4 Å². The Hall–Kier alpha value is -6.04. The van der Waals surface area contributed by atoms with Gasteiger partial charge in [0.05, 0.1) is 6.20 Å². The zero-order chi connectivity index (χ0) is 35.3. The number of fused-ring (bicyclic) bond motifs is 2. The Balaban J connectivity index is 0.927. The number of nitrogens with zero attached hydrogens (tertiary/aromatic N) is 4. The van der Waals surface area contributed by atoms with E-state index in [1.54, 1.807) is 33.9 Å². The van der Waals surface area contributed by atoms with Crippen LogP contribution in [0.2, 0.25) is 0 Å². The first-order valence-corrected chi connectivity index (χ1v) is 16.9. The van der Waals surface area contributed by atoms with Crippen molar-refractivity contribution in [3.05, 3.63) is 77.4 Å². The Morgan fingerprint density at radius 3 is 2.60 bits per heavy atom. The molecule has 2 saturated heterocycles. The summed E-state index contributed by atoms with van der Waals surface area (Å²) in [6, 6.07) is 10.0. The van der Waals surface area contributed by atoms with Crippen LogP contribution >= 0.6 is 0 Å². The van der Waals surface area contributed by atoms with Crippen molar-refractivity contribution in [3.63, 3.8) is 0 Å². The number of phenols is 1. The lowest BCUT2D eigenvalue weighted by molar-refractivity contribution is -0.137. The minimum Gasteiger partial charge on any atom is -0.506 e. The first-order valence-electron chi connectivity index (χ1n) is 15.5. The molecule has 1 aromatic heterocycles. The van der Waals surface area contributed by atoms with Gasteiger partial charge in [-0.1, -0.05) is 0 Å². The number of amides is 5. The van der Waals surface area contributed by atoms with E-state index < -0.39 is 51.9 Å². The largest absolute Gasteiger partial charge is 0.506 e. The molecule has 0 aliphatic carbocycles. The number of aromatic nitrogens is 2. The van der Waals surface area contributed by atoms with E-state index in [2.05, 4.69) is 21.0 Å². The van der Waals surface area contributed by atoms with Crippen molar-refractivity contribution in [1.82, 2.24) is 24.7 Å². The van der Waals surface area contributed by atoms with E-state index in [9.17, 15) is 37.5 Å². The Labute approximate surface area is 283 Å². The van der Waals surface area contributed by atoms with E-state index in [0.29, 0.717) is 22.1 Å². The summed E-state index contributed by atoms with van der Waals surface area (Å²) in [5.74, 6) is -3.99. The number of phenolic OH excluding ortho intramolecular Hbond substituents is 1. The molecule has 258 valence electrons. The number of rotatable bonds is 9. The summed E-state index contributed by atoms with van der Waals surface area (Å²) in [4.78, 5) is 62.5. The van der Waals surface area contributed by atoms with Crippen LogP contribution in [0.1, 0.15) is 40.7 Å². The van der Waals surface area contributed by atoms with Crippen molar-refractivity contribution >= 4 is 67.6 Å². The fourth-order valence-electron chi connectivity index (χ4n) is 6.25. The summed E-state index contributed by atoms with van der Waals surface area (Å²) in [6.45, 7) is 0.260. The predicted molar refractivity (Wildman–Crippen MR) is 175 cm³/mol. The molecular weight excluding hydrogens is 675 g/mol. The van der Waals surface area contributed by atoms with E-state index in [-0.39, 0.29) is 60.8 Å². The summed E-state index contributed by atoms with van der Waals surface area (Å²) >= 11 is 0. The molecule has 1 unspecified atom stereocenters. The Bertz CT molecular complexity index is 2240. The van der Waals surface area contributed by atoms with Gasteiger partial charge in [0.15, 0.2) is 5.82 Å². The molecule has 1 atom stereocenters. The molecule has 3 aliphatic rings. The molecule has 16 nitrogen and oxygen atoms in total. The zero-order valence-electron chi connectivity index (χ0n) is 26.1. The molecule has 0 saturated carbocycles. The van der Waals surface area contributed by atoms with Gasteiger partial charge in [-0.05, 0) is 59.8 Å². The maximum Gasteiger partial charge on any atom is 0.326 e. The van der Waals surface area contributed by atoms with Crippen molar-refractivity contribution in [2.24, 2.45) is 0 Å². The van der Waals surface area contributed by atoms with Crippen molar-refractivity contribution < 1.29 is 41.9 Å². The van der Waals surface area contributed by atoms with Crippen molar-refractivity contribution in [2.75, 3.05) is 21.5 Å². The second-order valence-corrected chi connectivity index (χ2v) is 13.7. The molecule has 4 heterocycles. The summed E-state index contributed by atoms with van der Waals surface area (Å²) < 4.78 is 43.5. The lowest BCUT2D eigenvalue weighted by atomic mass is 10.0. The van der Waals surface area contributed by atoms with Gasteiger partial charge in [-0.2, -0.15) is 13.5 Å². The van der Waals surface area contributed by atoms with Crippen LogP contribution in [0.3, 0.4) is 0 Å². The van der Waals surface area contributed by atoms with Gasteiger partial charge in [0.1, 0.15) is 24.0 Å². The first-order chi connectivity index (χ1) is 23.9. The number of hydrogen-bond donors (Lipinski definition) is 5. The highest BCUT2D eigenvalue weighted by atomic mass is 32.2. The molecule has 0 bridgehead atoms. The minimum absolute atomic E-state index is 0.0226. The molecule has 0 radical (unpaired) electrons. The van der Waals surface area contributed by atoms with Crippen molar-refractivity contribution in [2.45, 2.75) is 44.9 Å². The smallest absolute Gasteiger partial charge is 0.326 e. The fourth-order valence-corrected chi connectivity index (χ4v) is 7.41. The number of anilines is 3. The predicted octanol–water partition coefficient (Wildman–Crippen LogP) is 1.46. The Morgan fingerprint density at radius 2 is 1.84 bits per heavy atom. The number of halogens is 1. The number of carbonyl (C=O) groups excluding carboxylic acids is 5. The van der Waals surface area contributed by atoms with Gasteiger partial charge in [0, 0.05) is 66.6 Å².